The fraction of sp³-hybridized carbons (Fsp3) is 0.435. The lowest BCUT2D eigenvalue weighted by atomic mass is 10.0. The van der Waals surface area contributed by atoms with E-state index in [1.165, 1.54) is 50.2 Å². The molecule has 2 aromatic carbocycles. The quantitative estimate of drug-likeness (QED) is 0.572. The number of piperidine rings is 1. The summed E-state index contributed by atoms with van der Waals surface area (Å²) in [6, 6.07) is 10.8. The van der Waals surface area contributed by atoms with E-state index in [1.807, 2.05) is 0 Å². The molecule has 2 aromatic rings. The van der Waals surface area contributed by atoms with E-state index in [0.717, 1.165) is 37.4 Å². The van der Waals surface area contributed by atoms with Crippen LogP contribution in [-0.2, 0) is 10.0 Å². The Kier molecular flexibility index (Phi) is 8.03. The van der Waals surface area contributed by atoms with Crippen LogP contribution >= 0.6 is 0 Å². The van der Waals surface area contributed by atoms with Crippen molar-refractivity contribution in [2.24, 2.45) is 5.92 Å². The van der Waals surface area contributed by atoms with E-state index in [4.69, 9.17) is 0 Å². The normalized spacial score (nSPS) is 17.3. The van der Waals surface area contributed by atoms with Gasteiger partial charge in [0.2, 0.25) is 0 Å². The van der Waals surface area contributed by atoms with Crippen molar-refractivity contribution in [3.05, 3.63) is 59.9 Å². The van der Waals surface area contributed by atoms with Gasteiger partial charge in [-0.1, -0.05) is 6.92 Å². The average Bonchev–Trinajstić information content (AvgIpc) is 2.74. The van der Waals surface area contributed by atoms with E-state index < -0.39 is 15.8 Å². The maximum atomic E-state index is 13.0. The van der Waals surface area contributed by atoms with Gasteiger partial charge in [0.1, 0.15) is 5.82 Å². The number of anilines is 1. The Morgan fingerprint density at radius 2 is 1.81 bits per heavy atom. The SMILES string of the molecule is CC1CCCN(CCCCNC(=O)c2ccc(NS(=O)(=O)c3ccc(F)cc3)cc2)C1. The van der Waals surface area contributed by atoms with Crippen LogP contribution < -0.4 is 10.0 Å². The first-order valence-electron chi connectivity index (χ1n) is 10.7. The number of hydrogen-bond acceptors (Lipinski definition) is 4. The molecule has 3 rings (SSSR count). The number of carbonyl (C=O) groups is 1. The second-order valence-electron chi connectivity index (χ2n) is 8.15. The smallest absolute Gasteiger partial charge is 0.261 e. The number of carbonyl (C=O) groups excluding carboxylic acids is 1. The summed E-state index contributed by atoms with van der Waals surface area (Å²) in [4.78, 5) is 14.8. The van der Waals surface area contributed by atoms with Gasteiger partial charge in [0, 0.05) is 24.3 Å². The van der Waals surface area contributed by atoms with Crippen LogP contribution in [0.2, 0.25) is 0 Å². The molecular formula is C23H30FN3O3S. The molecule has 1 atom stereocenters. The van der Waals surface area contributed by atoms with Gasteiger partial charge in [0.05, 0.1) is 4.90 Å². The van der Waals surface area contributed by atoms with Crippen molar-refractivity contribution in [2.75, 3.05) is 30.9 Å². The van der Waals surface area contributed by atoms with Gasteiger partial charge < -0.3 is 10.2 Å². The molecule has 1 aliphatic heterocycles. The minimum Gasteiger partial charge on any atom is -0.352 e. The van der Waals surface area contributed by atoms with E-state index in [1.54, 1.807) is 12.1 Å². The zero-order chi connectivity index (χ0) is 22.3. The lowest BCUT2D eigenvalue weighted by Gasteiger charge is -2.30. The lowest BCUT2D eigenvalue weighted by molar-refractivity contribution is 0.0952. The first-order valence-corrected chi connectivity index (χ1v) is 12.2. The molecule has 1 amide bonds. The van der Waals surface area contributed by atoms with Crippen LogP contribution in [0, 0.1) is 11.7 Å². The number of amides is 1. The third-order valence-electron chi connectivity index (χ3n) is 5.45. The molecule has 31 heavy (non-hydrogen) atoms. The molecule has 1 unspecified atom stereocenters. The topological polar surface area (TPSA) is 78.5 Å². The predicted octanol–water partition coefficient (Wildman–Crippen LogP) is 3.87. The molecule has 1 fully saturated rings. The van der Waals surface area contributed by atoms with Crippen molar-refractivity contribution in [3.63, 3.8) is 0 Å². The largest absolute Gasteiger partial charge is 0.352 e. The Bertz CT molecular complexity index is 963. The minimum absolute atomic E-state index is 0.0327. The van der Waals surface area contributed by atoms with Gasteiger partial charge in [-0.25, -0.2) is 12.8 Å². The van der Waals surface area contributed by atoms with Gasteiger partial charge in [-0.15, -0.1) is 0 Å². The van der Waals surface area contributed by atoms with Crippen LogP contribution in [0.1, 0.15) is 43.0 Å². The zero-order valence-electron chi connectivity index (χ0n) is 17.8. The van der Waals surface area contributed by atoms with Crippen molar-refractivity contribution < 1.29 is 17.6 Å². The molecule has 1 aliphatic rings. The Morgan fingerprint density at radius 3 is 2.48 bits per heavy atom. The van der Waals surface area contributed by atoms with E-state index >= 15 is 0 Å². The van der Waals surface area contributed by atoms with E-state index in [-0.39, 0.29) is 10.8 Å². The standard InChI is InChI=1S/C23H30FN3O3S/c1-18-5-4-16-27(17-18)15-3-2-14-25-23(28)19-6-10-21(11-7-19)26-31(29,30)22-12-8-20(24)9-13-22/h6-13,18,26H,2-5,14-17H2,1H3,(H,25,28). The van der Waals surface area contributed by atoms with Gasteiger partial charge in [-0.05, 0) is 93.2 Å². The van der Waals surface area contributed by atoms with Gasteiger partial charge in [0.25, 0.3) is 15.9 Å². The zero-order valence-corrected chi connectivity index (χ0v) is 18.6. The molecule has 0 bridgehead atoms. The van der Waals surface area contributed by atoms with Crippen molar-refractivity contribution in [1.82, 2.24) is 10.2 Å². The molecule has 1 saturated heterocycles. The summed E-state index contributed by atoms with van der Waals surface area (Å²) in [7, 11) is -3.82. The summed E-state index contributed by atoms with van der Waals surface area (Å²) in [5.74, 6) is 0.0894. The molecule has 6 nitrogen and oxygen atoms in total. The Balaban J connectivity index is 1.42. The van der Waals surface area contributed by atoms with Gasteiger partial charge in [0.15, 0.2) is 0 Å². The predicted molar refractivity (Wildman–Crippen MR) is 120 cm³/mol. The number of hydrogen-bond donors (Lipinski definition) is 2. The first kappa shape index (κ1) is 23.2. The molecule has 2 N–H and O–H groups in total. The van der Waals surface area contributed by atoms with Crippen molar-refractivity contribution in [2.45, 2.75) is 37.5 Å². The van der Waals surface area contributed by atoms with Crippen molar-refractivity contribution in [3.8, 4) is 0 Å². The number of likely N-dealkylation sites (tertiary alicyclic amines) is 1. The highest BCUT2D eigenvalue weighted by Crippen LogP contribution is 2.18. The number of benzene rings is 2. The van der Waals surface area contributed by atoms with Gasteiger partial charge >= 0.3 is 0 Å². The Hall–Kier alpha value is -2.45. The van der Waals surface area contributed by atoms with Gasteiger partial charge in [-0.2, -0.15) is 0 Å². The summed E-state index contributed by atoms with van der Waals surface area (Å²) < 4.78 is 40.1. The first-order chi connectivity index (χ1) is 14.8. The monoisotopic (exact) mass is 447 g/mol. The number of nitrogens with one attached hydrogen (secondary N) is 2. The number of halogens is 1. The number of unbranched alkanes of at least 4 members (excludes halogenated alkanes) is 1. The Labute approximate surface area is 183 Å². The van der Waals surface area contributed by atoms with E-state index in [0.29, 0.717) is 17.8 Å². The third-order valence-corrected chi connectivity index (χ3v) is 6.85. The number of nitrogens with zero attached hydrogens (tertiary/aromatic N) is 1. The van der Waals surface area contributed by atoms with Crippen LogP contribution in [0.4, 0.5) is 10.1 Å². The fourth-order valence-corrected chi connectivity index (χ4v) is 4.83. The third kappa shape index (κ3) is 7.04. The van der Waals surface area contributed by atoms with Crippen LogP contribution in [0.3, 0.4) is 0 Å². The highest BCUT2D eigenvalue weighted by atomic mass is 32.2. The maximum Gasteiger partial charge on any atom is 0.261 e. The summed E-state index contributed by atoms with van der Waals surface area (Å²) in [6.07, 6.45) is 4.57. The van der Waals surface area contributed by atoms with Crippen LogP contribution in [-0.4, -0.2) is 45.4 Å². The lowest BCUT2D eigenvalue weighted by Crippen LogP contribution is -2.35. The maximum absolute atomic E-state index is 13.0. The fourth-order valence-electron chi connectivity index (χ4n) is 3.77. The van der Waals surface area contributed by atoms with E-state index in [9.17, 15) is 17.6 Å². The second-order valence-corrected chi connectivity index (χ2v) is 9.83. The van der Waals surface area contributed by atoms with Crippen LogP contribution in [0.15, 0.2) is 53.4 Å². The number of sulfonamides is 1. The van der Waals surface area contributed by atoms with Crippen LogP contribution in [0.5, 0.6) is 0 Å². The molecule has 1 heterocycles. The molecule has 0 aromatic heterocycles. The molecule has 0 aliphatic carbocycles. The highest BCUT2D eigenvalue weighted by Gasteiger charge is 2.16. The summed E-state index contributed by atoms with van der Waals surface area (Å²) in [5.41, 5.74) is 0.797. The highest BCUT2D eigenvalue weighted by molar-refractivity contribution is 7.92. The molecule has 8 heteroatoms. The molecule has 0 radical (unpaired) electrons. The Morgan fingerprint density at radius 1 is 1.10 bits per heavy atom. The molecule has 0 spiro atoms. The van der Waals surface area contributed by atoms with E-state index in [2.05, 4.69) is 21.9 Å². The molecular weight excluding hydrogens is 417 g/mol. The average molecular weight is 448 g/mol. The summed E-state index contributed by atoms with van der Waals surface area (Å²) >= 11 is 0. The summed E-state index contributed by atoms with van der Waals surface area (Å²) in [5, 5.41) is 2.91. The molecule has 0 saturated carbocycles. The summed E-state index contributed by atoms with van der Waals surface area (Å²) in [6.45, 7) is 6.33. The minimum atomic E-state index is -3.82. The van der Waals surface area contributed by atoms with Crippen molar-refractivity contribution >= 4 is 21.6 Å². The number of rotatable bonds is 9. The molecule has 168 valence electrons. The van der Waals surface area contributed by atoms with Crippen LogP contribution in [0.25, 0.3) is 0 Å². The second kappa shape index (κ2) is 10.7. The van der Waals surface area contributed by atoms with Crippen molar-refractivity contribution in [1.29, 1.82) is 0 Å². The van der Waals surface area contributed by atoms with Gasteiger partial charge in [-0.3, -0.25) is 9.52 Å².